The van der Waals surface area contributed by atoms with E-state index in [9.17, 15) is 0 Å². The zero-order valence-corrected chi connectivity index (χ0v) is 18.7. The van der Waals surface area contributed by atoms with Crippen molar-refractivity contribution in [2.75, 3.05) is 33.2 Å². The molecule has 0 aromatic rings. The minimum Gasteiger partial charge on any atom is -0.357 e. The molecular formula is C18H38IN5. The maximum Gasteiger partial charge on any atom is 0.191 e. The average molecular weight is 451 g/mol. The normalized spacial score (nSPS) is 26.6. The summed E-state index contributed by atoms with van der Waals surface area (Å²) in [4.78, 5) is 9.88. The standard InChI is InChI=1S/C18H37N5.HI/c1-7-19-18(20-10-15(5)22(6)16-8-9-16)21-17-12-23(13(2)3)11-14(17)4;/h13-17H,7-12H2,1-6H3,(H2,19,20,21);1H. The molecule has 1 aliphatic heterocycles. The number of hydrogen-bond acceptors (Lipinski definition) is 3. The van der Waals surface area contributed by atoms with Crippen molar-refractivity contribution in [2.24, 2.45) is 10.9 Å². The van der Waals surface area contributed by atoms with Gasteiger partial charge in [-0.1, -0.05) is 6.92 Å². The number of aliphatic imine (C=N–C) groups is 1. The summed E-state index contributed by atoms with van der Waals surface area (Å²) >= 11 is 0. The summed E-state index contributed by atoms with van der Waals surface area (Å²) in [6, 6.07) is 2.42. The molecule has 0 aromatic heterocycles. The highest BCUT2D eigenvalue weighted by atomic mass is 127. The van der Waals surface area contributed by atoms with E-state index in [-0.39, 0.29) is 24.0 Å². The third-order valence-corrected chi connectivity index (χ3v) is 5.37. The van der Waals surface area contributed by atoms with Gasteiger partial charge < -0.3 is 10.6 Å². The second kappa shape index (κ2) is 10.2. The quantitative estimate of drug-likeness (QED) is 0.355. The summed E-state index contributed by atoms with van der Waals surface area (Å²) in [5, 5.41) is 7.08. The van der Waals surface area contributed by atoms with Crippen LogP contribution in [0, 0.1) is 5.92 Å². The van der Waals surface area contributed by atoms with Crippen LogP contribution >= 0.6 is 24.0 Å². The van der Waals surface area contributed by atoms with E-state index in [1.807, 2.05) is 0 Å². The van der Waals surface area contributed by atoms with Crippen molar-refractivity contribution in [2.45, 2.75) is 71.6 Å². The maximum absolute atomic E-state index is 4.85. The van der Waals surface area contributed by atoms with Crippen molar-refractivity contribution in [3.63, 3.8) is 0 Å². The number of hydrogen-bond donors (Lipinski definition) is 2. The van der Waals surface area contributed by atoms with Crippen LogP contribution in [0.15, 0.2) is 4.99 Å². The number of nitrogens with one attached hydrogen (secondary N) is 2. The molecule has 2 N–H and O–H groups in total. The summed E-state index contributed by atoms with van der Waals surface area (Å²) in [7, 11) is 2.23. The summed E-state index contributed by atoms with van der Waals surface area (Å²) in [5.41, 5.74) is 0. The van der Waals surface area contributed by atoms with Gasteiger partial charge in [-0.3, -0.25) is 14.8 Å². The Morgan fingerprint density at radius 1 is 1.25 bits per heavy atom. The minimum atomic E-state index is 0. The van der Waals surface area contributed by atoms with Crippen molar-refractivity contribution in [3.8, 4) is 0 Å². The van der Waals surface area contributed by atoms with Gasteiger partial charge in [0.1, 0.15) is 0 Å². The van der Waals surface area contributed by atoms with Crippen molar-refractivity contribution in [1.82, 2.24) is 20.4 Å². The first-order valence-electron chi connectivity index (χ1n) is 9.43. The van der Waals surface area contributed by atoms with E-state index >= 15 is 0 Å². The maximum atomic E-state index is 4.85. The molecular weight excluding hydrogens is 413 g/mol. The molecule has 2 fully saturated rings. The molecule has 142 valence electrons. The fraction of sp³-hybridized carbons (Fsp3) is 0.944. The molecule has 3 unspecified atom stereocenters. The lowest BCUT2D eigenvalue weighted by Crippen LogP contribution is -2.47. The van der Waals surface area contributed by atoms with Gasteiger partial charge in [0.15, 0.2) is 5.96 Å². The molecule has 0 bridgehead atoms. The zero-order valence-electron chi connectivity index (χ0n) is 16.4. The number of rotatable bonds is 7. The van der Waals surface area contributed by atoms with Gasteiger partial charge in [0.2, 0.25) is 0 Å². The average Bonchev–Trinajstić information content (AvgIpc) is 3.28. The Hall–Kier alpha value is -0.0800. The van der Waals surface area contributed by atoms with Gasteiger partial charge in [-0.25, -0.2) is 0 Å². The molecule has 3 atom stereocenters. The second-order valence-electron chi connectivity index (χ2n) is 7.74. The van der Waals surface area contributed by atoms with Crippen LogP contribution in [0.2, 0.25) is 0 Å². The third kappa shape index (κ3) is 6.33. The van der Waals surface area contributed by atoms with E-state index in [4.69, 9.17) is 4.99 Å². The van der Waals surface area contributed by atoms with E-state index in [1.54, 1.807) is 0 Å². The molecule has 2 rings (SSSR count). The summed E-state index contributed by atoms with van der Waals surface area (Å²) in [5.74, 6) is 1.64. The van der Waals surface area contributed by atoms with Gasteiger partial charge in [0.25, 0.3) is 0 Å². The Morgan fingerprint density at radius 2 is 1.92 bits per heavy atom. The van der Waals surface area contributed by atoms with Gasteiger partial charge in [0, 0.05) is 43.8 Å². The van der Waals surface area contributed by atoms with Gasteiger partial charge in [0.05, 0.1) is 6.54 Å². The van der Waals surface area contributed by atoms with Crippen molar-refractivity contribution < 1.29 is 0 Å². The molecule has 1 saturated heterocycles. The minimum absolute atomic E-state index is 0. The fourth-order valence-corrected chi connectivity index (χ4v) is 3.30. The number of nitrogens with zero attached hydrogens (tertiary/aromatic N) is 3. The molecule has 1 heterocycles. The lowest BCUT2D eigenvalue weighted by molar-refractivity contribution is 0.253. The highest BCUT2D eigenvalue weighted by molar-refractivity contribution is 14.0. The molecule has 0 spiro atoms. The van der Waals surface area contributed by atoms with E-state index in [0.29, 0.717) is 24.0 Å². The predicted molar refractivity (Wildman–Crippen MR) is 114 cm³/mol. The molecule has 0 aromatic carbocycles. The van der Waals surface area contributed by atoms with Crippen LogP contribution in [0.1, 0.15) is 47.5 Å². The SMILES string of the molecule is CCNC(=NCC(C)N(C)C1CC1)NC1CN(C(C)C)CC1C.I. The number of halogens is 1. The molecule has 0 amide bonds. The number of guanidine groups is 1. The lowest BCUT2D eigenvalue weighted by Gasteiger charge is -2.24. The summed E-state index contributed by atoms with van der Waals surface area (Å²) in [6.45, 7) is 15.4. The van der Waals surface area contributed by atoms with E-state index < -0.39 is 0 Å². The Labute approximate surface area is 166 Å². The van der Waals surface area contributed by atoms with Crippen LogP contribution in [0.25, 0.3) is 0 Å². The van der Waals surface area contributed by atoms with Gasteiger partial charge >= 0.3 is 0 Å². The monoisotopic (exact) mass is 451 g/mol. The first kappa shape index (κ1) is 22.0. The predicted octanol–water partition coefficient (Wildman–Crippen LogP) is 2.37. The van der Waals surface area contributed by atoms with Crippen LogP contribution in [0.5, 0.6) is 0 Å². The van der Waals surface area contributed by atoms with Crippen LogP contribution in [0.3, 0.4) is 0 Å². The third-order valence-electron chi connectivity index (χ3n) is 5.37. The van der Waals surface area contributed by atoms with Gasteiger partial charge in [-0.2, -0.15) is 0 Å². The highest BCUT2D eigenvalue weighted by Crippen LogP contribution is 2.26. The first-order valence-corrected chi connectivity index (χ1v) is 9.43. The first-order chi connectivity index (χ1) is 10.9. The smallest absolute Gasteiger partial charge is 0.191 e. The molecule has 24 heavy (non-hydrogen) atoms. The van der Waals surface area contributed by atoms with E-state index in [2.05, 4.69) is 62.1 Å². The largest absolute Gasteiger partial charge is 0.357 e. The second-order valence-corrected chi connectivity index (χ2v) is 7.74. The highest BCUT2D eigenvalue weighted by Gasteiger charge is 2.32. The van der Waals surface area contributed by atoms with E-state index in [1.165, 1.54) is 19.4 Å². The van der Waals surface area contributed by atoms with Gasteiger partial charge in [-0.05, 0) is 53.5 Å². The fourth-order valence-electron chi connectivity index (χ4n) is 3.30. The topological polar surface area (TPSA) is 42.9 Å². The van der Waals surface area contributed by atoms with Crippen LogP contribution in [-0.4, -0.2) is 73.2 Å². The van der Waals surface area contributed by atoms with Crippen LogP contribution in [-0.2, 0) is 0 Å². The Balaban J connectivity index is 0.00000288. The van der Waals surface area contributed by atoms with Crippen molar-refractivity contribution >= 4 is 29.9 Å². The molecule has 6 heteroatoms. The van der Waals surface area contributed by atoms with Crippen molar-refractivity contribution in [3.05, 3.63) is 0 Å². The zero-order chi connectivity index (χ0) is 17.0. The molecule has 0 radical (unpaired) electrons. The Kier molecular flexibility index (Phi) is 9.30. The summed E-state index contributed by atoms with van der Waals surface area (Å²) in [6.07, 6.45) is 2.71. The molecule has 5 nitrogen and oxygen atoms in total. The molecule has 1 saturated carbocycles. The molecule has 1 aliphatic carbocycles. The lowest BCUT2D eigenvalue weighted by atomic mass is 10.1. The Morgan fingerprint density at radius 3 is 2.42 bits per heavy atom. The van der Waals surface area contributed by atoms with E-state index in [0.717, 1.165) is 31.6 Å². The van der Waals surface area contributed by atoms with Crippen LogP contribution < -0.4 is 10.6 Å². The van der Waals surface area contributed by atoms with Gasteiger partial charge in [-0.15, -0.1) is 24.0 Å². The van der Waals surface area contributed by atoms with Crippen molar-refractivity contribution in [1.29, 1.82) is 0 Å². The molecule has 2 aliphatic rings. The number of likely N-dealkylation sites (tertiary alicyclic amines) is 1. The number of likely N-dealkylation sites (N-methyl/N-ethyl adjacent to an activating group) is 1. The van der Waals surface area contributed by atoms with Crippen LogP contribution in [0.4, 0.5) is 0 Å². The summed E-state index contributed by atoms with van der Waals surface area (Å²) < 4.78 is 0. The Bertz CT molecular complexity index is 397.